The molecule has 1 nitrogen and oxygen atoms in total. The normalized spacial score (nSPS) is 11.4. The average Bonchev–Trinajstić information content (AvgIpc) is 2.18. The van der Waals surface area contributed by atoms with Gasteiger partial charge in [-0.3, -0.25) is 4.79 Å². The smallest absolute Gasteiger partial charge is 0.188 e. The van der Waals surface area contributed by atoms with E-state index in [1.54, 1.807) is 0 Å². The maximum atomic E-state index is 11.7. The van der Waals surface area contributed by atoms with Gasteiger partial charge in [0, 0.05) is 5.56 Å². The Labute approximate surface area is 79.1 Å². The van der Waals surface area contributed by atoms with Crippen molar-refractivity contribution in [3.63, 3.8) is 0 Å². The van der Waals surface area contributed by atoms with Gasteiger partial charge >= 0.3 is 0 Å². The molecule has 0 N–H and O–H groups in total. The molecule has 68 valence electrons. The van der Waals surface area contributed by atoms with E-state index in [-0.39, 0.29) is 5.78 Å². The largest absolute Gasteiger partial charge is 0.289 e. The quantitative estimate of drug-likeness (QED) is 0.508. The van der Waals surface area contributed by atoms with Gasteiger partial charge in [-0.25, -0.2) is 0 Å². The molecule has 0 aromatic heterocycles. The van der Waals surface area contributed by atoms with Gasteiger partial charge in [-0.1, -0.05) is 43.3 Å². The van der Waals surface area contributed by atoms with Crippen LogP contribution in [0.5, 0.6) is 0 Å². The Morgan fingerprint density at radius 3 is 2.46 bits per heavy atom. The van der Waals surface area contributed by atoms with Gasteiger partial charge in [0.25, 0.3) is 0 Å². The molecular formula is C12H14O. The molecule has 0 amide bonds. The Morgan fingerprint density at radius 1 is 1.31 bits per heavy atom. The number of hydrogen-bond donors (Lipinski definition) is 0. The van der Waals surface area contributed by atoms with E-state index >= 15 is 0 Å². The molecule has 0 aliphatic carbocycles. The molecule has 0 radical (unpaired) electrons. The number of carbonyl (C=O) groups excluding carboxylic acids is 1. The highest BCUT2D eigenvalue weighted by Crippen LogP contribution is 2.07. The molecule has 1 rings (SSSR count). The molecule has 0 unspecified atom stereocenters. The molecule has 0 aliphatic heterocycles. The second kappa shape index (κ2) is 4.61. The molecule has 0 fully saturated rings. The summed E-state index contributed by atoms with van der Waals surface area (Å²) in [7, 11) is 0. The number of allylic oxidation sites excluding steroid dienone is 2. The first-order valence-electron chi connectivity index (χ1n) is 4.52. The van der Waals surface area contributed by atoms with Gasteiger partial charge in [0.1, 0.15) is 0 Å². The van der Waals surface area contributed by atoms with Crippen LogP contribution in [0.3, 0.4) is 0 Å². The number of ketones is 1. The van der Waals surface area contributed by atoms with Gasteiger partial charge in [-0.05, 0) is 18.9 Å². The lowest BCUT2D eigenvalue weighted by Crippen LogP contribution is -1.99. The zero-order valence-corrected chi connectivity index (χ0v) is 8.08. The number of rotatable bonds is 3. The second-order valence-electron chi connectivity index (χ2n) is 2.99. The van der Waals surface area contributed by atoms with Crippen LogP contribution in [0, 0.1) is 0 Å². The van der Waals surface area contributed by atoms with E-state index in [9.17, 15) is 4.79 Å². The molecular weight excluding hydrogens is 160 g/mol. The van der Waals surface area contributed by atoms with Crippen molar-refractivity contribution in [2.75, 3.05) is 0 Å². The Kier molecular flexibility index (Phi) is 3.44. The lowest BCUT2D eigenvalue weighted by atomic mass is 10.0. The number of carbonyl (C=O) groups is 1. The van der Waals surface area contributed by atoms with E-state index in [0.717, 1.165) is 17.6 Å². The van der Waals surface area contributed by atoms with Crippen LogP contribution in [-0.2, 0) is 0 Å². The Hall–Kier alpha value is -1.37. The van der Waals surface area contributed by atoms with Crippen molar-refractivity contribution in [2.24, 2.45) is 0 Å². The third-order valence-corrected chi connectivity index (χ3v) is 1.90. The lowest BCUT2D eigenvalue weighted by Gasteiger charge is -1.99. The molecule has 1 aromatic carbocycles. The van der Waals surface area contributed by atoms with Crippen molar-refractivity contribution < 1.29 is 4.79 Å². The summed E-state index contributed by atoms with van der Waals surface area (Å²) in [6.07, 6.45) is 2.86. The topological polar surface area (TPSA) is 17.1 Å². The van der Waals surface area contributed by atoms with Crippen molar-refractivity contribution in [1.82, 2.24) is 0 Å². The van der Waals surface area contributed by atoms with Gasteiger partial charge < -0.3 is 0 Å². The van der Waals surface area contributed by atoms with Crippen molar-refractivity contribution in [1.29, 1.82) is 0 Å². The molecule has 1 heteroatoms. The zero-order valence-electron chi connectivity index (χ0n) is 8.08. The van der Waals surface area contributed by atoms with Crippen LogP contribution in [-0.4, -0.2) is 5.78 Å². The summed E-state index contributed by atoms with van der Waals surface area (Å²) in [5.74, 6) is 0.127. The minimum Gasteiger partial charge on any atom is -0.289 e. The van der Waals surface area contributed by atoms with Crippen LogP contribution < -0.4 is 0 Å². The highest BCUT2D eigenvalue weighted by molar-refractivity contribution is 6.08. The molecule has 0 heterocycles. The van der Waals surface area contributed by atoms with E-state index < -0.39 is 0 Å². The van der Waals surface area contributed by atoms with Crippen LogP contribution in [0.15, 0.2) is 42.0 Å². The monoisotopic (exact) mass is 174 g/mol. The first kappa shape index (κ1) is 9.72. The fraction of sp³-hybridized carbons (Fsp3) is 0.250. The predicted octanol–water partition coefficient (Wildman–Crippen LogP) is 3.23. The van der Waals surface area contributed by atoms with Gasteiger partial charge in [-0.15, -0.1) is 0 Å². The van der Waals surface area contributed by atoms with Crippen LogP contribution in [0.25, 0.3) is 0 Å². The fourth-order valence-corrected chi connectivity index (χ4v) is 1.22. The summed E-state index contributed by atoms with van der Waals surface area (Å²) in [4.78, 5) is 11.7. The summed E-state index contributed by atoms with van der Waals surface area (Å²) in [5, 5.41) is 0. The fourth-order valence-electron chi connectivity index (χ4n) is 1.22. The Morgan fingerprint density at radius 2 is 1.92 bits per heavy atom. The number of Topliss-reactive ketones (excluding diaryl/α,β-unsaturated/α-hetero) is 1. The Bertz CT molecular complexity index is 309. The highest BCUT2D eigenvalue weighted by Gasteiger charge is 2.05. The van der Waals surface area contributed by atoms with Gasteiger partial charge in [0.15, 0.2) is 5.78 Å². The first-order valence-corrected chi connectivity index (χ1v) is 4.52. The molecule has 0 atom stereocenters. The number of benzene rings is 1. The summed E-state index contributed by atoms with van der Waals surface area (Å²) in [6.45, 7) is 3.89. The SMILES string of the molecule is CC/C=C(\C)C(=O)c1ccccc1. The van der Waals surface area contributed by atoms with Crippen molar-refractivity contribution in [2.45, 2.75) is 20.3 Å². The molecule has 0 saturated heterocycles. The van der Waals surface area contributed by atoms with Crippen molar-refractivity contribution >= 4 is 5.78 Å². The summed E-state index contributed by atoms with van der Waals surface area (Å²) >= 11 is 0. The third-order valence-electron chi connectivity index (χ3n) is 1.90. The van der Waals surface area contributed by atoms with E-state index in [1.807, 2.05) is 50.3 Å². The minimum absolute atomic E-state index is 0.127. The van der Waals surface area contributed by atoms with Gasteiger partial charge in [-0.2, -0.15) is 0 Å². The molecule has 13 heavy (non-hydrogen) atoms. The molecule has 0 bridgehead atoms. The van der Waals surface area contributed by atoms with Gasteiger partial charge in [0.2, 0.25) is 0 Å². The van der Waals surface area contributed by atoms with E-state index in [4.69, 9.17) is 0 Å². The number of hydrogen-bond acceptors (Lipinski definition) is 1. The highest BCUT2D eigenvalue weighted by atomic mass is 16.1. The minimum atomic E-state index is 0.127. The van der Waals surface area contributed by atoms with Crippen LogP contribution >= 0.6 is 0 Å². The summed E-state index contributed by atoms with van der Waals surface area (Å²) in [6, 6.07) is 9.36. The first-order chi connectivity index (χ1) is 6.25. The average molecular weight is 174 g/mol. The molecule has 0 aliphatic rings. The Balaban J connectivity index is 2.86. The van der Waals surface area contributed by atoms with Crippen LogP contribution in [0.2, 0.25) is 0 Å². The summed E-state index contributed by atoms with van der Waals surface area (Å²) < 4.78 is 0. The van der Waals surface area contributed by atoms with Crippen LogP contribution in [0.1, 0.15) is 30.6 Å². The van der Waals surface area contributed by atoms with E-state index in [2.05, 4.69) is 0 Å². The maximum Gasteiger partial charge on any atom is 0.188 e. The maximum absolute atomic E-state index is 11.7. The molecule has 0 spiro atoms. The summed E-state index contributed by atoms with van der Waals surface area (Å²) in [5.41, 5.74) is 1.60. The third kappa shape index (κ3) is 2.55. The lowest BCUT2D eigenvalue weighted by molar-refractivity contribution is 0.103. The molecule has 0 saturated carbocycles. The van der Waals surface area contributed by atoms with E-state index in [1.165, 1.54) is 0 Å². The predicted molar refractivity (Wildman–Crippen MR) is 54.8 cm³/mol. The second-order valence-corrected chi connectivity index (χ2v) is 2.99. The van der Waals surface area contributed by atoms with Crippen LogP contribution in [0.4, 0.5) is 0 Å². The molecule has 1 aromatic rings. The van der Waals surface area contributed by atoms with Crippen molar-refractivity contribution in [3.05, 3.63) is 47.5 Å². The van der Waals surface area contributed by atoms with Gasteiger partial charge in [0.05, 0.1) is 0 Å². The van der Waals surface area contributed by atoms with Crippen molar-refractivity contribution in [3.8, 4) is 0 Å². The zero-order chi connectivity index (χ0) is 9.68. The standard InChI is InChI=1S/C12H14O/c1-3-7-10(2)12(13)11-8-5-4-6-9-11/h4-9H,3H2,1-2H3/b10-7+. The van der Waals surface area contributed by atoms with E-state index in [0.29, 0.717) is 0 Å².